The summed E-state index contributed by atoms with van der Waals surface area (Å²) >= 11 is 0. The first-order chi connectivity index (χ1) is 13.5. The van der Waals surface area contributed by atoms with E-state index >= 15 is 0 Å². The van der Waals surface area contributed by atoms with Crippen LogP contribution in [-0.2, 0) is 4.79 Å². The molecular weight excluding hydrogens is 358 g/mol. The van der Waals surface area contributed by atoms with Crippen molar-refractivity contribution in [3.05, 3.63) is 48.7 Å². The molecular formula is C20H21N5O3. The largest absolute Gasteiger partial charge is 0.481 e. The molecule has 0 bridgehead atoms. The van der Waals surface area contributed by atoms with Gasteiger partial charge in [0.1, 0.15) is 11.3 Å². The number of pyridine rings is 1. The number of benzene rings is 1. The van der Waals surface area contributed by atoms with Crippen LogP contribution in [0, 0.1) is 0 Å². The van der Waals surface area contributed by atoms with Gasteiger partial charge >= 0.3 is 12.0 Å². The Morgan fingerprint density at radius 1 is 1.11 bits per heavy atom. The molecule has 2 aromatic heterocycles. The SMILES string of the molecule is CCCC(CC(=O)O)NC(=O)Nc1ccc2ncc(-c3ccccc3)nc2n1. The van der Waals surface area contributed by atoms with Crippen LogP contribution in [0.5, 0.6) is 0 Å². The minimum atomic E-state index is -0.953. The van der Waals surface area contributed by atoms with Crippen LogP contribution in [0.2, 0.25) is 0 Å². The Kier molecular flexibility index (Phi) is 6.11. The Balaban J connectivity index is 1.75. The lowest BCUT2D eigenvalue weighted by atomic mass is 10.1. The number of aliphatic carboxylic acids is 1. The van der Waals surface area contributed by atoms with Gasteiger partial charge in [0, 0.05) is 11.6 Å². The first-order valence-corrected chi connectivity index (χ1v) is 9.03. The third-order valence-corrected chi connectivity index (χ3v) is 4.11. The maximum atomic E-state index is 12.2. The Morgan fingerprint density at radius 3 is 2.61 bits per heavy atom. The highest BCUT2D eigenvalue weighted by molar-refractivity contribution is 5.90. The molecule has 1 aromatic carbocycles. The lowest BCUT2D eigenvalue weighted by molar-refractivity contribution is -0.137. The molecule has 0 radical (unpaired) electrons. The summed E-state index contributed by atoms with van der Waals surface area (Å²) < 4.78 is 0. The molecule has 0 saturated carbocycles. The second-order valence-electron chi connectivity index (χ2n) is 6.34. The quantitative estimate of drug-likeness (QED) is 0.579. The third-order valence-electron chi connectivity index (χ3n) is 4.11. The number of carbonyl (C=O) groups is 2. The standard InChI is InChI=1S/C20H21N5O3/c1-2-6-14(11-18(26)27)22-20(28)25-17-10-9-15-19(24-17)23-16(12-21-15)13-7-4-3-5-8-13/h3-5,7-10,12,14H,2,6,11H2,1H3,(H,26,27)(H2,22,23,24,25,28). The van der Waals surface area contributed by atoms with Crippen molar-refractivity contribution in [2.75, 3.05) is 5.32 Å². The zero-order valence-corrected chi connectivity index (χ0v) is 15.4. The van der Waals surface area contributed by atoms with Crippen molar-refractivity contribution in [3.8, 4) is 11.3 Å². The van der Waals surface area contributed by atoms with Crippen molar-refractivity contribution in [2.45, 2.75) is 32.2 Å². The molecule has 1 unspecified atom stereocenters. The van der Waals surface area contributed by atoms with E-state index in [9.17, 15) is 9.59 Å². The molecule has 2 amide bonds. The van der Waals surface area contributed by atoms with Crippen molar-refractivity contribution < 1.29 is 14.7 Å². The van der Waals surface area contributed by atoms with Gasteiger partial charge in [-0.3, -0.25) is 15.1 Å². The van der Waals surface area contributed by atoms with Gasteiger partial charge < -0.3 is 10.4 Å². The van der Waals surface area contributed by atoms with Crippen molar-refractivity contribution in [3.63, 3.8) is 0 Å². The molecule has 0 spiro atoms. The second kappa shape index (κ2) is 8.90. The van der Waals surface area contributed by atoms with Crippen LogP contribution in [0.25, 0.3) is 22.4 Å². The fourth-order valence-electron chi connectivity index (χ4n) is 2.84. The van der Waals surface area contributed by atoms with Gasteiger partial charge in [0.25, 0.3) is 0 Å². The number of fused-ring (bicyclic) bond motifs is 1. The van der Waals surface area contributed by atoms with Gasteiger partial charge in [-0.25, -0.2) is 14.8 Å². The van der Waals surface area contributed by atoms with E-state index in [-0.39, 0.29) is 6.42 Å². The second-order valence-corrected chi connectivity index (χ2v) is 6.34. The average molecular weight is 379 g/mol. The van der Waals surface area contributed by atoms with E-state index < -0.39 is 18.0 Å². The minimum Gasteiger partial charge on any atom is -0.481 e. The highest BCUT2D eigenvalue weighted by Gasteiger charge is 2.15. The molecule has 0 aliphatic carbocycles. The fourth-order valence-corrected chi connectivity index (χ4v) is 2.84. The summed E-state index contributed by atoms with van der Waals surface area (Å²) in [6.45, 7) is 1.93. The predicted molar refractivity (Wildman–Crippen MR) is 106 cm³/mol. The van der Waals surface area contributed by atoms with Crippen LogP contribution >= 0.6 is 0 Å². The summed E-state index contributed by atoms with van der Waals surface area (Å²) in [5.74, 6) is -0.638. The molecule has 3 rings (SSSR count). The first kappa shape index (κ1) is 19.2. The number of carboxylic acids is 1. The number of nitrogens with one attached hydrogen (secondary N) is 2. The van der Waals surface area contributed by atoms with Crippen LogP contribution in [0.1, 0.15) is 26.2 Å². The molecule has 28 heavy (non-hydrogen) atoms. The molecule has 1 atom stereocenters. The molecule has 0 saturated heterocycles. The molecule has 2 heterocycles. The number of urea groups is 1. The lowest BCUT2D eigenvalue weighted by Crippen LogP contribution is -2.39. The monoisotopic (exact) mass is 379 g/mol. The highest BCUT2D eigenvalue weighted by atomic mass is 16.4. The number of anilines is 1. The Labute approximate surface area is 162 Å². The van der Waals surface area contributed by atoms with E-state index in [4.69, 9.17) is 5.11 Å². The topological polar surface area (TPSA) is 117 Å². The summed E-state index contributed by atoms with van der Waals surface area (Å²) in [5, 5.41) is 14.3. The summed E-state index contributed by atoms with van der Waals surface area (Å²) in [4.78, 5) is 36.4. The van der Waals surface area contributed by atoms with Crippen molar-refractivity contribution >= 4 is 29.0 Å². The van der Waals surface area contributed by atoms with E-state index in [0.29, 0.717) is 29.1 Å². The average Bonchev–Trinajstić information content (AvgIpc) is 2.67. The number of carboxylic acid groups (broad SMARTS) is 1. The summed E-state index contributed by atoms with van der Waals surface area (Å²) in [6, 6.07) is 12.0. The van der Waals surface area contributed by atoms with Gasteiger partial charge in [-0.1, -0.05) is 43.7 Å². The maximum Gasteiger partial charge on any atom is 0.320 e. The van der Waals surface area contributed by atoms with Crippen LogP contribution in [0.15, 0.2) is 48.7 Å². The van der Waals surface area contributed by atoms with Gasteiger partial charge in [0.2, 0.25) is 0 Å². The number of hydrogen-bond donors (Lipinski definition) is 3. The van der Waals surface area contributed by atoms with E-state index in [2.05, 4.69) is 25.6 Å². The van der Waals surface area contributed by atoms with Gasteiger partial charge in [0.05, 0.1) is 18.3 Å². The smallest absolute Gasteiger partial charge is 0.320 e. The molecule has 0 fully saturated rings. The summed E-state index contributed by atoms with van der Waals surface area (Å²) in [7, 11) is 0. The van der Waals surface area contributed by atoms with Crippen molar-refractivity contribution in [2.24, 2.45) is 0 Å². The number of aromatic nitrogens is 3. The molecule has 0 aliphatic rings. The van der Waals surface area contributed by atoms with Gasteiger partial charge in [-0.2, -0.15) is 0 Å². The van der Waals surface area contributed by atoms with Crippen molar-refractivity contribution in [1.29, 1.82) is 0 Å². The fraction of sp³-hybridized carbons (Fsp3) is 0.250. The number of carbonyl (C=O) groups excluding carboxylic acids is 1. The highest BCUT2D eigenvalue weighted by Crippen LogP contribution is 2.19. The molecule has 3 aromatic rings. The number of rotatable bonds is 7. The molecule has 0 aliphatic heterocycles. The van der Waals surface area contributed by atoms with Gasteiger partial charge in [-0.05, 0) is 18.6 Å². The number of nitrogens with zero attached hydrogens (tertiary/aromatic N) is 3. The Morgan fingerprint density at radius 2 is 1.89 bits per heavy atom. The molecule has 144 valence electrons. The van der Waals surface area contributed by atoms with Crippen LogP contribution in [0.4, 0.5) is 10.6 Å². The number of amides is 2. The van der Waals surface area contributed by atoms with Crippen LogP contribution in [0.3, 0.4) is 0 Å². The predicted octanol–water partition coefficient (Wildman–Crippen LogP) is 3.46. The van der Waals surface area contributed by atoms with E-state index in [1.165, 1.54) is 0 Å². The molecule has 8 nitrogen and oxygen atoms in total. The maximum absolute atomic E-state index is 12.2. The van der Waals surface area contributed by atoms with Crippen LogP contribution in [-0.4, -0.2) is 38.1 Å². The van der Waals surface area contributed by atoms with Gasteiger partial charge in [-0.15, -0.1) is 0 Å². The summed E-state index contributed by atoms with van der Waals surface area (Å²) in [6.07, 6.45) is 2.90. The Bertz CT molecular complexity index is 978. The zero-order valence-electron chi connectivity index (χ0n) is 15.4. The minimum absolute atomic E-state index is 0.127. The van der Waals surface area contributed by atoms with Crippen molar-refractivity contribution in [1.82, 2.24) is 20.3 Å². The Hall–Kier alpha value is -3.55. The van der Waals surface area contributed by atoms with E-state index in [0.717, 1.165) is 12.0 Å². The molecule has 8 heteroatoms. The lowest BCUT2D eigenvalue weighted by Gasteiger charge is -2.16. The van der Waals surface area contributed by atoms with Crippen LogP contribution < -0.4 is 10.6 Å². The first-order valence-electron chi connectivity index (χ1n) is 9.03. The molecule has 3 N–H and O–H groups in total. The van der Waals surface area contributed by atoms with Gasteiger partial charge in [0.15, 0.2) is 5.65 Å². The van der Waals surface area contributed by atoms with E-state index in [1.54, 1.807) is 18.3 Å². The third kappa shape index (κ3) is 5.00. The van der Waals surface area contributed by atoms with E-state index in [1.807, 2.05) is 37.3 Å². The number of hydrogen-bond acceptors (Lipinski definition) is 5. The zero-order chi connectivity index (χ0) is 19.9. The normalized spacial score (nSPS) is 11.8. The summed E-state index contributed by atoms with van der Waals surface area (Å²) in [5.41, 5.74) is 2.63.